The van der Waals surface area contributed by atoms with E-state index < -0.39 is 30.3 Å². The molecule has 2 aliphatic heterocycles. The second-order valence-corrected chi connectivity index (χ2v) is 13.8. The van der Waals surface area contributed by atoms with Crippen molar-refractivity contribution in [2.24, 2.45) is 0 Å². The highest BCUT2D eigenvalue weighted by atomic mass is 32.2. The number of carbonyl (C=O) groups excluding carboxylic acids is 1. The lowest BCUT2D eigenvalue weighted by atomic mass is 9.98. The van der Waals surface area contributed by atoms with Gasteiger partial charge in [-0.05, 0) is 61.1 Å². The van der Waals surface area contributed by atoms with Gasteiger partial charge in [-0.15, -0.1) is 0 Å². The summed E-state index contributed by atoms with van der Waals surface area (Å²) < 4.78 is 60.8. The van der Waals surface area contributed by atoms with Crippen molar-refractivity contribution in [3.05, 3.63) is 59.7 Å². The fraction of sp³-hybridized carbons (Fsp3) is 0.480. The van der Waals surface area contributed by atoms with Crippen molar-refractivity contribution in [1.82, 2.24) is 10.4 Å². The number of fused-ring (bicyclic) bond motifs is 1. The van der Waals surface area contributed by atoms with Crippen LogP contribution in [0.2, 0.25) is 0 Å². The number of sulfone groups is 2. The summed E-state index contributed by atoms with van der Waals surface area (Å²) in [6.45, 7) is 1.65. The molecule has 2 heterocycles. The van der Waals surface area contributed by atoms with Crippen molar-refractivity contribution < 1.29 is 36.3 Å². The quantitative estimate of drug-likeness (QED) is 0.256. The molecule has 202 valence electrons. The molecule has 0 aliphatic carbocycles. The van der Waals surface area contributed by atoms with Gasteiger partial charge in [-0.1, -0.05) is 24.3 Å². The zero-order valence-corrected chi connectivity index (χ0v) is 22.1. The highest BCUT2D eigenvalue weighted by Crippen LogP contribution is 2.35. The van der Waals surface area contributed by atoms with Gasteiger partial charge in [-0.3, -0.25) is 14.9 Å². The Morgan fingerprint density at radius 2 is 1.70 bits per heavy atom. The standard InChI is InChI=1S/C25H32N2O8S2/c28-24(26-29)25(11-15-34-16-12-25)37(32,33)23-8-6-22(7-9-23)35-14-3-17-36(30,31)19-27-13-10-20-4-1-2-5-21(20)18-27/h1-2,4-9,29H,3,10-19H2,(H,26,28). The summed E-state index contributed by atoms with van der Waals surface area (Å²) in [6.07, 6.45) is 0.990. The van der Waals surface area contributed by atoms with Crippen LogP contribution in [0.3, 0.4) is 0 Å². The van der Waals surface area contributed by atoms with Crippen molar-refractivity contribution in [3.63, 3.8) is 0 Å². The molecule has 0 atom stereocenters. The Balaban J connectivity index is 1.29. The minimum absolute atomic E-state index is 0.00208. The van der Waals surface area contributed by atoms with Crippen molar-refractivity contribution >= 4 is 25.6 Å². The van der Waals surface area contributed by atoms with E-state index in [4.69, 9.17) is 14.7 Å². The molecule has 0 spiro atoms. The monoisotopic (exact) mass is 552 g/mol. The van der Waals surface area contributed by atoms with Crippen LogP contribution in [0.1, 0.15) is 30.4 Å². The molecule has 2 aromatic carbocycles. The van der Waals surface area contributed by atoms with Crippen LogP contribution in [0.5, 0.6) is 5.75 Å². The molecule has 0 radical (unpaired) electrons. The van der Waals surface area contributed by atoms with E-state index in [1.165, 1.54) is 35.3 Å². The Morgan fingerprint density at radius 1 is 1.03 bits per heavy atom. The molecule has 1 saturated heterocycles. The van der Waals surface area contributed by atoms with E-state index in [0.717, 1.165) is 12.0 Å². The molecule has 0 unspecified atom stereocenters. The minimum Gasteiger partial charge on any atom is -0.494 e. The molecule has 0 aromatic heterocycles. The van der Waals surface area contributed by atoms with Gasteiger partial charge in [0.15, 0.2) is 24.4 Å². The van der Waals surface area contributed by atoms with Gasteiger partial charge < -0.3 is 9.47 Å². The average Bonchev–Trinajstić information content (AvgIpc) is 2.91. The largest absolute Gasteiger partial charge is 0.494 e. The van der Waals surface area contributed by atoms with Gasteiger partial charge in [0.2, 0.25) is 0 Å². The molecule has 2 N–H and O–H groups in total. The number of hydrogen-bond acceptors (Lipinski definition) is 9. The van der Waals surface area contributed by atoms with Gasteiger partial charge in [0.1, 0.15) is 11.6 Å². The van der Waals surface area contributed by atoms with Gasteiger partial charge in [0, 0.05) is 26.3 Å². The molecule has 0 bridgehead atoms. The van der Waals surface area contributed by atoms with E-state index in [1.54, 1.807) is 0 Å². The maximum absolute atomic E-state index is 13.3. The van der Waals surface area contributed by atoms with Gasteiger partial charge >= 0.3 is 0 Å². The predicted octanol–water partition coefficient (Wildman–Crippen LogP) is 1.71. The maximum Gasteiger partial charge on any atom is 0.265 e. The van der Waals surface area contributed by atoms with E-state index in [-0.39, 0.29) is 49.2 Å². The third kappa shape index (κ3) is 6.15. The first-order chi connectivity index (χ1) is 17.7. The SMILES string of the molecule is O=C(NO)C1(S(=O)(=O)c2ccc(OCCCS(=O)(=O)CN3CCc4ccccc4C3)cc2)CCOCC1. The van der Waals surface area contributed by atoms with Crippen molar-refractivity contribution in [2.45, 2.75) is 41.9 Å². The molecule has 1 fully saturated rings. The summed E-state index contributed by atoms with van der Waals surface area (Å²) in [7, 11) is -7.42. The van der Waals surface area contributed by atoms with Gasteiger partial charge in [0.05, 0.1) is 17.3 Å². The third-order valence-corrected chi connectivity index (χ3v) is 11.1. The second kappa shape index (κ2) is 11.5. The van der Waals surface area contributed by atoms with Crippen LogP contribution >= 0.6 is 0 Å². The molecule has 37 heavy (non-hydrogen) atoms. The van der Waals surface area contributed by atoms with E-state index in [2.05, 4.69) is 6.07 Å². The Hall–Kier alpha value is -2.51. The summed E-state index contributed by atoms with van der Waals surface area (Å²) in [5.74, 6) is -0.608. The fourth-order valence-electron chi connectivity index (χ4n) is 4.84. The Labute approximate surface area is 217 Å². The summed E-state index contributed by atoms with van der Waals surface area (Å²) >= 11 is 0. The molecule has 2 aromatic rings. The highest BCUT2D eigenvalue weighted by molar-refractivity contribution is 7.93. The lowest BCUT2D eigenvalue weighted by Crippen LogP contribution is -2.54. The number of benzene rings is 2. The number of rotatable bonds is 10. The molecule has 4 rings (SSSR count). The highest BCUT2D eigenvalue weighted by Gasteiger charge is 2.52. The third-order valence-electron chi connectivity index (χ3n) is 6.92. The van der Waals surface area contributed by atoms with E-state index in [1.807, 2.05) is 23.1 Å². The molecule has 2 aliphatic rings. The predicted molar refractivity (Wildman–Crippen MR) is 136 cm³/mol. The summed E-state index contributed by atoms with van der Waals surface area (Å²) in [4.78, 5) is 14.2. The van der Waals surface area contributed by atoms with E-state index in [0.29, 0.717) is 25.3 Å². The van der Waals surface area contributed by atoms with Gasteiger partial charge in [-0.25, -0.2) is 22.3 Å². The topological polar surface area (TPSA) is 139 Å². The number of nitrogens with one attached hydrogen (secondary N) is 1. The number of ether oxygens (including phenoxy) is 2. The smallest absolute Gasteiger partial charge is 0.265 e. The minimum atomic E-state index is -4.12. The Morgan fingerprint density at radius 3 is 2.38 bits per heavy atom. The molecule has 10 nitrogen and oxygen atoms in total. The normalized spacial score (nSPS) is 18.1. The average molecular weight is 553 g/mol. The first kappa shape index (κ1) is 27.5. The zero-order chi connectivity index (χ0) is 26.5. The lowest BCUT2D eigenvalue weighted by molar-refractivity contribution is -0.134. The summed E-state index contributed by atoms with van der Waals surface area (Å²) in [5.41, 5.74) is 3.92. The van der Waals surface area contributed by atoms with Crippen molar-refractivity contribution in [2.75, 3.05) is 38.0 Å². The van der Waals surface area contributed by atoms with Crippen LogP contribution in [0.15, 0.2) is 53.4 Å². The summed E-state index contributed by atoms with van der Waals surface area (Å²) in [5, 5.41) is 9.15. The number of amides is 1. The zero-order valence-electron chi connectivity index (χ0n) is 20.5. The second-order valence-electron chi connectivity index (χ2n) is 9.37. The van der Waals surface area contributed by atoms with Gasteiger partial charge in [-0.2, -0.15) is 0 Å². The number of carbonyl (C=O) groups is 1. The van der Waals surface area contributed by atoms with Crippen LogP contribution in [-0.2, 0) is 42.2 Å². The van der Waals surface area contributed by atoms with Crippen molar-refractivity contribution in [1.29, 1.82) is 0 Å². The molecule has 1 amide bonds. The molecular formula is C25H32N2O8S2. The van der Waals surface area contributed by atoms with E-state index in [9.17, 15) is 21.6 Å². The molecule has 12 heteroatoms. The van der Waals surface area contributed by atoms with Crippen molar-refractivity contribution in [3.8, 4) is 5.75 Å². The maximum atomic E-state index is 13.3. The van der Waals surface area contributed by atoms with Crippen LogP contribution in [0, 0.1) is 0 Å². The van der Waals surface area contributed by atoms with Crippen LogP contribution < -0.4 is 10.2 Å². The summed E-state index contributed by atoms with van der Waals surface area (Å²) in [6, 6.07) is 13.7. The first-order valence-corrected chi connectivity index (χ1v) is 15.5. The lowest BCUT2D eigenvalue weighted by Gasteiger charge is -2.34. The van der Waals surface area contributed by atoms with Crippen LogP contribution in [0.25, 0.3) is 0 Å². The van der Waals surface area contributed by atoms with Crippen LogP contribution in [0.4, 0.5) is 0 Å². The Bertz CT molecular complexity index is 1300. The molecular weight excluding hydrogens is 520 g/mol. The van der Waals surface area contributed by atoms with E-state index >= 15 is 0 Å². The number of nitrogens with zero attached hydrogens (tertiary/aromatic N) is 1. The number of hydrogen-bond donors (Lipinski definition) is 2. The molecule has 0 saturated carbocycles. The first-order valence-electron chi connectivity index (χ1n) is 12.2. The fourth-order valence-corrected chi connectivity index (χ4v) is 8.24. The number of hydroxylamine groups is 1. The van der Waals surface area contributed by atoms with Crippen LogP contribution in [-0.4, -0.2) is 75.6 Å². The Kier molecular flexibility index (Phi) is 8.54. The van der Waals surface area contributed by atoms with Gasteiger partial charge in [0.25, 0.3) is 5.91 Å².